The molecule has 9 atom stereocenters. The molecule has 8 heterocycles. The number of hydrogen-bond acceptors (Lipinski definition) is 18. The maximum atomic E-state index is 12.4. The molecule has 0 amide bonds. The third kappa shape index (κ3) is 4.77. The Kier molecular flexibility index (Phi) is 7.19. The van der Waals surface area contributed by atoms with Crippen LogP contribution in [0.2, 0.25) is 0 Å². The van der Waals surface area contributed by atoms with Crippen molar-refractivity contribution >= 4 is 82.9 Å². The summed E-state index contributed by atoms with van der Waals surface area (Å²) in [6.07, 6.45) is 0.252. The monoisotopic (exact) mass is 734 g/mol. The van der Waals surface area contributed by atoms with Gasteiger partial charge in [0.15, 0.2) is 28.7 Å². The number of aliphatic hydroxyl groups excluding tert-OH is 1. The first kappa shape index (κ1) is 31.1. The fraction of sp³-hybridized carbons (Fsp3) is 0.524. The van der Waals surface area contributed by atoms with Crippen LogP contribution < -0.4 is 17.0 Å². The molecular formula is C21H24N10O10P2S3. The van der Waals surface area contributed by atoms with E-state index in [-0.39, 0.29) is 42.8 Å². The highest BCUT2D eigenvalue weighted by atomic mass is 32.5. The normalized spacial score (nSPS) is 39.7. The van der Waals surface area contributed by atoms with Gasteiger partial charge in [-0.15, -0.1) is 11.8 Å². The summed E-state index contributed by atoms with van der Waals surface area (Å²) in [5, 5.41) is 9.71. The van der Waals surface area contributed by atoms with Gasteiger partial charge in [0.25, 0.3) is 5.56 Å². The van der Waals surface area contributed by atoms with E-state index in [9.17, 15) is 19.7 Å². The van der Waals surface area contributed by atoms with Gasteiger partial charge in [0.1, 0.15) is 28.9 Å². The minimum absolute atomic E-state index is 0.0101. The van der Waals surface area contributed by atoms with Crippen molar-refractivity contribution in [1.29, 1.82) is 0 Å². The van der Waals surface area contributed by atoms with Gasteiger partial charge in [-0.1, -0.05) is 0 Å². The molecule has 8 N–H and O–H groups in total. The van der Waals surface area contributed by atoms with Crippen molar-refractivity contribution in [2.24, 2.45) is 0 Å². The Morgan fingerprint density at radius 3 is 2.57 bits per heavy atom. The van der Waals surface area contributed by atoms with Gasteiger partial charge in [-0.2, -0.15) is 4.98 Å². The molecule has 20 nitrogen and oxygen atoms in total. The number of imidazole rings is 2. The fourth-order valence-corrected chi connectivity index (χ4v) is 10.6. The van der Waals surface area contributed by atoms with Crippen molar-refractivity contribution in [1.82, 2.24) is 39.0 Å². The number of aromatic nitrogens is 8. The van der Waals surface area contributed by atoms with E-state index in [1.165, 1.54) is 23.5 Å². The van der Waals surface area contributed by atoms with Crippen molar-refractivity contribution in [2.75, 3.05) is 37.9 Å². The number of hydrogen-bond donors (Lipinski definition) is 6. The molecule has 0 radical (unpaired) electrons. The fourth-order valence-electron chi connectivity index (χ4n) is 6.05. The van der Waals surface area contributed by atoms with Crippen LogP contribution >= 0.6 is 25.2 Å². The summed E-state index contributed by atoms with van der Waals surface area (Å²) in [6.45, 7) is -9.31. The van der Waals surface area contributed by atoms with Gasteiger partial charge in [0, 0.05) is 0 Å². The largest absolute Gasteiger partial charge is 0.389 e. The van der Waals surface area contributed by atoms with E-state index in [4.69, 9.17) is 62.6 Å². The summed E-state index contributed by atoms with van der Waals surface area (Å²) in [5.41, 5.74) is 8.95. The highest BCUT2D eigenvalue weighted by molar-refractivity contribution is 8.07. The first-order valence-corrected chi connectivity index (χ1v) is 19.5. The number of anilines is 2. The summed E-state index contributed by atoms with van der Waals surface area (Å²) >= 11 is 12.0. The molecule has 0 spiro atoms. The van der Waals surface area contributed by atoms with Crippen molar-refractivity contribution in [3.05, 3.63) is 29.3 Å². The second-order valence-electron chi connectivity index (χ2n) is 10.9. The number of ether oxygens (including phenoxy) is 2. The Morgan fingerprint density at radius 1 is 1.00 bits per heavy atom. The first-order chi connectivity index (χ1) is 21.8. The Morgan fingerprint density at radius 2 is 1.78 bits per heavy atom. The lowest BCUT2D eigenvalue weighted by molar-refractivity contribution is -0.171. The average Bonchev–Trinajstić information content (AvgIpc) is 3.80. The Bertz CT molecular complexity index is 2040. The number of H-pyrrole nitrogens is 1. The zero-order valence-corrected chi connectivity index (χ0v) is 27.3. The quantitative estimate of drug-likeness (QED) is 0.132. The summed E-state index contributed by atoms with van der Waals surface area (Å²) < 4.78 is 39.2. The number of aromatic amines is 1. The van der Waals surface area contributed by atoms with Crippen LogP contribution in [0, 0.1) is 0 Å². The molecule has 246 valence electrons. The number of nitrogens with zero attached hydrogens (tertiary/aromatic N) is 7. The molecule has 46 heavy (non-hydrogen) atoms. The van der Waals surface area contributed by atoms with Crippen LogP contribution in [0.3, 0.4) is 0 Å². The molecule has 8 rings (SSSR count). The molecule has 4 aliphatic heterocycles. The summed E-state index contributed by atoms with van der Waals surface area (Å²) in [4.78, 5) is 58.4. The lowest BCUT2D eigenvalue weighted by Gasteiger charge is -2.33. The Balaban J connectivity index is 1.16. The summed E-state index contributed by atoms with van der Waals surface area (Å²) in [7, 11) is 0. The molecule has 4 bridgehead atoms. The number of nitrogen functional groups attached to an aromatic ring is 2. The summed E-state index contributed by atoms with van der Waals surface area (Å²) in [5.74, 6) is -0.0220. The van der Waals surface area contributed by atoms with Gasteiger partial charge in [0.05, 0.1) is 50.4 Å². The zero-order valence-electron chi connectivity index (χ0n) is 23.1. The number of aliphatic hydroxyl groups is 1. The van der Waals surface area contributed by atoms with Crippen molar-refractivity contribution < 1.29 is 42.5 Å². The lowest BCUT2D eigenvalue weighted by Crippen LogP contribution is -2.48. The lowest BCUT2D eigenvalue weighted by atomic mass is 9.97. The number of rotatable bonds is 2. The molecule has 4 fully saturated rings. The van der Waals surface area contributed by atoms with Crippen LogP contribution in [0.1, 0.15) is 5.37 Å². The molecule has 4 saturated heterocycles. The van der Waals surface area contributed by atoms with Crippen LogP contribution in [0.5, 0.6) is 0 Å². The predicted molar refractivity (Wildman–Crippen MR) is 166 cm³/mol. The SMILES string of the molecule is Nc1nc2c(ncn2[C@@H]2S[C@@H]3COP(O)(=S)O[C@@H]4[C@@]5(CO[C@@]4(n4cnc6c(N)ncnc64)CO5)COP(O)(=S)O[C@@H]2[C@@H]3O)c(=O)[nH]1. The summed E-state index contributed by atoms with van der Waals surface area (Å²) in [6, 6.07) is 0. The maximum Gasteiger partial charge on any atom is 0.325 e. The van der Waals surface area contributed by atoms with Crippen molar-refractivity contribution in [3.8, 4) is 0 Å². The molecule has 4 aromatic heterocycles. The van der Waals surface area contributed by atoms with Gasteiger partial charge in [-0.05, 0) is 23.6 Å². The average molecular weight is 735 g/mol. The zero-order chi connectivity index (χ0) is 32.2. The Labute approximate surface area is 271 Å². The first-order valence-electron chi connectivity index (χ1n) is 13.4. The van der Waals surface area contributed by atoms with Crippen LogP contribution in [-0.4, -0.2) is 110 Å². The third-order valence-corrected chi connectivity index (χ3v) is 12.8. The van der Waals surface area contributed by atoms with Crippen molar-refractivity contribution in [3.63, 3.8) is 0 Å². The van der Waals surface area contributed by atoms with Gasteiger partial charge < -0.3 is 44.9 Å². The van der Waals surface area contributed by atoms with Gasteiger partial charge >= 0.3 is 13.4 Å². The highest BCUT2D eigenvalue weighted by Gasteiger charge is 2.70. The van der Waals surface area contributed by atoms with E-state index < -0.39 is 65.9 Å². The molecule has 0 aromatic carbocycles. The van der Waals surface area contributed by atoms with E-state index in [1.54, 1.807) is 4.57 Å². The molecule has 0 aliphatic carbocycles. The smallest absolute Gasteiger partial charge is 0.325 e. The van der Waals surface area contributed by atoms with Crippen LogP contribution in [0.15, 0.2) is 23.8 Å². The molecule has 25 heteroatoms. The highest BCUT2D eigenvalue weighted by Crippen LogP contribution is 2.60. The molecule has 0 saturated carbocycles. The van der Waals surface area contributed by atoms with E-state index >= 15 is 0 Å². The minimum atomic E-state index is -4.16. The molecule has 2 unspecified atom stereocenters. The maximum absolute atomic E-state index is 12.4. The van der Waals surface area contributed by atoms with Gasteiger partial charge in [-0.3, -0.25) is 28.0 Å². The predicted octanol–water partition coefficient (Wildman–Crippen LogP) is -1.20. The molecular weight excluding hydrogens is 710 g/mol. The minimum Gasteiger partial charge on any atom is -0.389 e. The number of fused-ring (bicyclic) bond motifs is 4. The standard InChI is InChI=1S/C21H24N10O10P2S3/c22-13-9-14(25-5-24-13)31(7-27-9)21-4-36-20(2-37-21)3-39-43(35,45)40-12-11(32)8(1-38-42(34,44)41-18(20)21)46-17(12)30-6-26-10-15(30)28-19(23)29-16(10)33/h5-8,11-12,17-18,32H,1-4H2,(H,34,44)(H,35,45)(H2,22,24,25)(H3,23,28,29,33)/t8-,11-,12-,17-,18-,20-,21+,42?,43?/m1/s1. The number of nitrogens with two attached hydrogens (primary N) is 2. The van der Waals surface area contributed by atoms with E-state index in [0.29, 0.717) is 11.2 Å². The van der Waals surface area contributed by atoms with E-state index in [1.807, 2.05) is 0 Å². The van der Waals surface area contributed by atoms with E-state index in [2.05, 4.69) is 29.9 Å². The van der Waals surface area contributed by atoms with Crippen LogP contribution in [-0.2, 0) is 56.9 Å². The number of thioether (sulfide) groups is 1. The molecule has 4 aliphatic rings. The second-order valence-corrected chi connectivity index (χ2v) is 17.9. The Hall–Kier alpha value is -2.21. The second kappa shape index (κ2) is 10.6. The number of nitrogens with one attached hydrogen (secondary N) is 1. The van der Waals surface area contributed by atoms with Crippen LogP contribution in [0.25, 0.3) is 22.3 Å². The van der Waals surface area contributed by atoms with Gasteiger partial charge in [0.2, 0.25) is 11.7 Å². The topological polar surface area (TPSA) is 275 Å². The van der Waals surface area contributed by atoms with Crippen LogP contribution in [0.4, 0.5) is 11.8 Å². The van der Waals surface area contributed by atoms with E-state index in [0.717, 1.165) is 11.8 Å². The third-order valence-electron chi connectivity index (χ3n) is 8.20. The van der Waals surface area contributed by atoms with Crippen molar-refractivity contribution in [2.45, 2.75) is 40.3 Å². The van der Waals surface area contributed by atoms with Gasteiger partial charge in [-0.25, -0.2) is 19.9 Å². The molecule has 4 aromatic rings.